The quantitative estimate of drug-likeness (QED) is 0.181. The first kappa shape index (κ1) is 29.8. The lowest BCUT2D eigenvalue weighted by Gasteiger charge is -2.31. The molecule has 0 atom stereocenters. The molecule has 0 saturated carbocycles. The van der Waals surface area contributed by atoms with Crippen LogP contribution in [-0.2, 0) is 0 Å². The SMILES string of the molecule is CS1(C)c2cc(N(c3ccc(-c4ccccc4)cc3)c3ccc(-c4ccc5ccccc5c4)cc3)ccc2-c2c1ccc1c2oc2ccccc21. The molecule has 244 valence electrons. The summed E-state index contributed by atoms with van der Waals surface area (Å²) < 4.78 is 6.58. The molecule has 2 heterocycles. The summed E-state index contributed by atoms with van der Waals surface area (Å²) in [6.07, 6.45) is 4.85. The summed E-state index contributed by atoms with van der Waals surface area (Å²) in [6, 6.07) is 63.9. The first-order valence-corrected chi connectivity index (χ1v) is 19.8. The van der Waals surface area contributed by atoms with Gasteiger partial charge < -0.3 is 9.32 Å². The van der Waals surface area contributed by atoms with Crippen molar-refractivity contribution in [3.05, 3.63) is 176 Å². The van der Waals surface area contributed by atoms with Crippen molar-refractivity contribution >= 4 is 59.8 Å². The summed E-state index contributed by atoms with van der Waals surface area (Å²) in [7, 11) is -1.30. The van der Waals surface area contributed by atoms with Gasteiger partial charge in [0.25, 0.3) is 0 Å². The minimum Gasteiger partial charge on any atom is -0.455 e. The standard InChI is InChI=1S/C48H35NOS/c1-51(2)45-29-28-42-41-14-8-9-15-44(41)50-48(42)47(45)43-27-26-40(31-46(43)51)49(38-22-18-34(19-23-38)32-10-4-3-5-11-32)39-24-20-35(21-25-39)37-17-16-33-12-6-7-13-36(33)30-37/h3-31H,1-2H3. The summed E-state index contributed by atoms with van der Waals surface area (Å²) in [5.41, 5.74) is 12.7. The van der Waals surface area contributed by atoms with Crippen molar-refractivity contribution < 1.29 is 4.42 Å². The van der Waals surface area contributed by atoms with E-state index in [1.54, 1.807) is 0 Å². The molecule has 0 spiro atoms. The highest BCUT2D eigenvalue weighted by molar-refractivity contribution is 8.33. The molecule has 0 unspecified atom stereocenters. The lowest BCUT2D eigenvalue weighted by molar-refractivity contribution is 0.669. The fraction of sp³-hybridized carbons (Fsp3) is 0.0417. The third kappa shape index (κ3) is 4.80. The Labute approximate surface area is 299 Å². The lowest BCUT2D eigenvalue weighted by Crippen LogP contribution is -2.10. The maximum Gasteiger partial charge on any atom is 0.144 e. The van der Waals surface area contributed by atoms with Gasteiger partial charge in [-0.1, -0.05) is 115 Å². The number of para-hydroxylation sites is 1. The molecule has 0 bridgehead atoms. The second kappa shape index (κ2) is 11.5. The van der Waals surface area contributed by atoms with Crippen molar-refractivity contribution in [2.75, 3.05) is 17.4 Å². The minimum atomic E-state index is -1.30. The monoisotopic (exact) mass is 673 g/mol. The summed E-state index contributed by atoms with van der Waals surface area (Å²) in [5.74, 6) is 0. The molecule has 2 nitrogen and oxygen atoms in total. The second-order valence-corrected chi connectivity index (χ2v) is 17.3. The number of anilines is 3. The zero-order valence-corrected chi connectivity index (χ0v) is 29.3. The maximum atomic E-state index is 6.58. The molecule has 0 radical (unpaired) electrons. The maximum absolute atomic E-state index is 6.58. The van der Waals surface area contributed by atoms with Gasteiger partial charge in [0.15, 0.2) is 0 Å². The number of rotatable bonds is 5. The number of hydrogen-bond donors (Lipinski definition) is 0. The molecule has 0 amide bonds. The van der Waals surface area contributed by atoms with Crippen LogP contribution in [0.2, 0.25) is 0 Å². The van der Waals surface area contributed by atoms with Gasteiger partial charge >= 0.3 is 0 Å². The van der Waals surface area contributed by atoms with Gasteiger partial charge in [-0.2, -0.15) is 10.0 Å². The van der Waals surface area contributed by atoms with E-state index in [0.717, 1.165) is 28.2 Å². The number of hydrogen-bond acceptors (Lipinski definition) is 2. The third-order valence-corrected chi connectivity index (χ3v) is 13.4. The highest BCUT2D eigenvalue weighted by Crippen LogP contribution is 2.69. The van der Waals surface area contributed by atoms with Crippen LogP contribution in [0.1, 0.15) is 0 Å². The zero-order valence-electron chi connectivity index (χ0n) is 28.5. The predicted octanol–water partition coefficient (Wildman–Crippen LogP) is 14.0. The van der Waals surface area contributed by atoms with Crippen molar-refractivity contribution in [3.8, 4) is 33.4 Å². The molecule has 3 heteroatoms. The molecule has 10 rings (SSSR count). The average molecular weight is 674 g/mol. The topological polar surface area (TPSA) is 16.4 Å². The molecule has 1 aliphatic heterocycles. The van der Waals surface area contributed by atoms with E-state index in [4.69, 9.17) is 4.42 Å². The Bertz CT molecular complexity index is 2760. The van der Waals surface area contributed by atoms with Crippen LogP contribution in [0.25, 0.3) is 66.1 Å². The van der Waals surface area contributed by atoms with Crippen LogP contribution >= 0.6 is 10.0 Å². The van der Waals surface area contributed by atoms with E-state index in [1.165, 1.54) is 64.7 Å². The molecular formula is C48H35NOS. The van der Waals surface area contributed by atoms with Gasteiger partial charge in [-0.3, -0.25) is 0 Å². The van der Waals surface area contributed by atoms with Crippen LogP contribution in [0.3, 0.4) is 0 Å². The fourth-order valence-corrected chi connectivity index (χ4v) is 10.4. The van der Waals surface area contributed by atoms with Gasteiger partial charge in [0.1, 0.15) is 11.2 Å². The van der Waals surface area contributed by atoms with E-state index in [0.29, 0.717) is 0 Å². The molecule has 0 fully saturated rings. The summed E-state index contributed by atoms with van der Waals surface area (Å²) in [5, 5.41) is 4.87. The van der Waals surface area contributed by atoms with Crippen molar-refractivity contribution in [1.29, 1.82) is 0 Å². The molecule has 0 saturated heterocycles. The Kier molecular flexibility index (Phi) is 6.74. The zero-order chi connectivity index (χ0) is 34.1. The molecule has 51 heavy (non-hydrogen) atoms. The van der Waals surface area contributed by atoms with Crippen LogP contribution < -0.4 is 4.90 Å². The van der Waals surface area contributed by atoms with E-state index < -0.39 is 10.0 Å². The van der Waals surface area contributed by atoms with Crippen molar-refractivity contribution in [1.82, 2.24) is 0 Å². The number of nitrogens with zero attached hydrogens (tertiary/aromatic N) is 1. The van der Waals surface area contributed by atoms with E-state index >= 15 is 0 Å². The van der Waals surface area contributed by atoms with Gasteiger partial charge in [-0.25, -0.2) is 0 Å². The van der Waals surface area contributed by atoms with Gasteiger partial charge in [-0.05, 0) is 112 Å². The van der Waals surface area contributed by atoms with Gasteiger partial charge in [0.05, 0.1) is 0 Å². The Morgan fingerprint density at radius 3 is 1.80 bits per heavy atom. The number of furan rings is 1. The molecule has 1 aromatic heterocycles. The fourth-order valence-electron chi connectivity index (χ4n) is 7.90. The first-order chi connectivity index (χ1) is 25.0. The summed E-state index contributed by atoms with van der Waals surface area (Å²) >= 11 is 0. The molecule has 1 aliphatic rings. The average Bonchev–Trinajstić information content (AvgIpc) is 3.67. The molecule has 8 aromatic carbocycles. The highest BCUT2D eigenvalue weighted by atomic mass is 32.3. The Morgan fingerprint density at radius 1 is 0.431 bits per heavy atom. The van der Waals surface area contributed by atoms with Gasteiger partial charge in [0.2, 0.25) is 0 Å². The van der Waals surface area contributed by atoms with Crippen LogP contribution in [0, 0.1) is 0 Å². The smallest absolute Gasteiger partial charge is 0.144 e. The van der Waals surface area contributed by atoms with E-state index in [2.05, 4.69) is 193 Å². The summed E-state index contributed by atoms with van der Waals surface area (Å²) in [6.45, 7) is 0. The number of benzene rings is 8. The molecule has 0 aliphatic carbocycles. The third-order valence-electron chi connectivity index (χ3n) is 10.5. The largest absolute Gasteiger partial charge is 0.455 e. The van der Waals surface area contributed by atoms with Crippen molar-refractivity contribution in [2.24, 2.45) is 0 Å². The Balaban J connectivity index is 1.10. The first-order valence-electron chi connectivity index (χ1n) is 17.4. The highest BCUT2D eigenvalue weighted by Gasteiger charge is 2.35. The molecular weight excluding hydrogens is 639 g/mol. The van der Waals surface area contributed by atoms with Crippen LogP contribution in [0.15, 0.2) is 190 Å². The normalized spacial score (nSPS) is 13.7. The van der Waals surface area contributed by atoms with Gasteiger partial charge in [-0.15, -0.1) is 0 Å². The van der Waals surface area contributed by atoms with E-state index in [9.17, 15) is 0 Å². The van der Waals surface area contributed by atoms with Crippen molar-refractivity contribution in [3.63, 3.8) is 0 Å². The van der Waals surface area contributed by atoms with Crippen LogP contribution in [0.4, 0.5) is 17.1 Å². The lowest BCUT2D eigenvalue weighted by atomic mass is 10.00. The Hall–Kier alpha value is -6.03. The number of fused-ring (bicyclic) bond motifs is 8. The minimum absolute atomic E-state index is 0.941. The van der Waals surface area contributed by atoms with E-state index in [1.807, 2.05) is 0 Å². The molecule has 0 N–H and O–H groups in total. The van der Waals surface area contributed by atoms with E-state index in [-0.39, 0.29) is 0 Å². The predicted molar refractivity (Wildman–Crippen MR) is 218 cm³/mol. The second-order valence-electron chi connectivity index (χ2n) is 13.8. The van der Waals surface area contributed by atoms with Crippen molar-refractivity contribution in [2.45, 2.75) is 9.79 Å². The van der Waals surface area contributed by atoms with Crippen LogP contribution in [0.5, 0.6) is 0 Å². The summed E-state index contributed by atoms with van der Waals surface area (Å²) in [4.78, 5) is 5.18. The Morgan fingerprint density at radius 2 is 1.04 bits per heavy atom. The molecule has 9 aromatic rings. The van der Waals surface area contributed by atoms with Crippen LogP contribution in [-0.4, -0.2) is 12.5 Å². The van der Waals surface area contributed by atoms with Gasteiger partial charge in [0, 0.05) is 43.2 Å².